The van der Waals surface area contributed by atoms with Crippen molar-refractivity contribution in [3.05, 3.63) is 42.0 Å². The van der Waals surface area contributed by atoms with Gasteiger partial charge in [0.05, 0.1) is 13.1 Å². The van der Waals surface area contributed by atoms with E-state index in [4.69, 9.17) is 4.74 Å². The Morgan fingerprint density at radius 2 is 2.21 bits per heavy atom. The molecule has 0 saturated carbocycles. The van der Waals surface area contributed by atoms with Crippen LogP contribution in [0, 0.1) is 6.92 Å². The molecular formula is C17H26N6O. The number of aryl methyl sites for hydroxylation is 2. The van der Waals surface area contributed by atoms with Crippen LogP contribution < -0.4 is 15.4 Å². The molecule has 2 rings (SSSR count). The molecule has 0 aliphatic carbocycles. The Balaban J connectivity index is 1.78. The molecule has 7 nitrogen and oxygen atoms in total. The van der Waals surface area contributed by atoms with Crippen LogP contribution in [0.5, 0.6) is 5.75 Å². The molecule has 0 saturated heterocycles. The van der Waals surface area contributed by atoms with E-state index in [0.29, 0.717) is 19.0 Å². The number of ether oxygens (including phenoxy) is 1. The fourth-order valence-corrected chi connectivity index (χ4v) is 2.27. The first-order valence-electron chi connectivity index (χ1n) is 8.17. The van der Waals surface area contributed by atoms with Crippen LogP contribution >= 0.6 is 0 Å². The average molecular weight is 330 g/mol. The van der Waals surface area contributed by atoms with Crippen molar-refractivity contribution in [2.75, 3.05) is 13.6 Å². The molecule has 0 aliphatic rings. The van der Waals surface area contributed by atoms with Gasteiger partial charge < -0.3 is 19.9 Å². The largest absolute Gasteiger partial charge is 0.489 e. The zero-order valence-electron chi connectivity index (χ0n) is 14.8. The standard InChI is InChI=1S/C17H26N6O/c1-5-23-12-21-22-16(23)11-20-17(18-4)19-10-14(3)24-15-8-6-7-13(2)9-15/h6-9,12,14H,5,10-11H2,1-4H3,(H2,18,19,20). The van der Waals surface area contributed by atoms with Gasteiger partial charge in [-0.3, -0.25) is 4.99 Å². The van der Waals surface area contributed by atoms with E-state index in [1.165, 1.54) is 5.56 Å². The fraction of sp³-hybridized carbons (Fsp3) is 0.471. The van der Waals surface area contributed by atoms with Crippen molar-refractivity contribution in [3.63, 3.8) is 0 Å². The first-order chi connectivity index (χ1) is 11.6. The maximum atomic E-state index is 5.91. The van der Waals surface area contributed by atoms with Gasteiger partial charge in [0.15, 0.2) is 11.8 Å². The average Bonchev–Trinajstić information content (AvgIpc) is 3.02. The Hall–Kier alpha value is -2.57. The summed E-state index contributed by atoms with van der Waals surface area (Å²) in [6.07, 6.45) is 1.75. The SMILES string of the molecule is CCn1cnnc1CNC(=NC)NCC(C)Oc1cccc(C)c1. The van der Waals surface area contributed by atoms with Crippen molar-refractivity contribution >= 4 is 5.96 Å². The lowest BCUT2D eigenvalue weighted by atomic mass is 10.2. The fourth-order valence-electron chi connectivity index (χ4n) is 2.27. The molecule has 1 aromatic carbocycles. The smallest absolute Gasteiger partial charge is 0.191 e. The molecule has 7 heteroatoms. The summed E-state index contributed by atoms with van der Waals surface area (Å²) < 4.78 is 7.90. The summed E-state index contributed by atoms with van der Waals surface area (Å²) in [6.45, 7) is 8.20. The van der Waals surface area contributed by atoms with Gasteiger partial charge in [-0.2, -0.15) is 0 Å². The highest BCUT2D eigenvalue weighted by atomic mass is 16.5. The summed E-state index contributed by atoms with van der Waals surface area (Å²) in [5.74, 6) is 2.47. The summed E-state index contributed by atoms with van der Waals surface area (Å²) in [5, 5.41) is 14.5. The normalized spacial score (nSPS) is 12.8. The third kappa shape index (κ3) is 5.26. The summed E-state index contributed by atoms with van der Waals surface area (Å²) >= 11 is 0. The Morgan fingerprint density at radius 1 is 1.38 bits per heavy atom. The molecule has 2 N–H and O–H groups in total. The van der Waals surface area contributed by atoms with E-state index in [1.54, 1.807) is 13.4 Å². The molecule has 24 heavy (non-hydrogen) atoms. The third-order valence-electron chi connectivity index (χ3n) is 3.56. The van der Waals surface area contributed by atoms with Crippen LogP contribution in [-0.4, -0.2) is 40.4 Å². The minimum absolute atomic E-state index is 0.0182. The van der Waals surface area contributed by atoms with E-state index in [2.05, 4.69) is 45.7 Å². The van der Waals surface area contributed by atoms with Crippen molar-refractivity contribution in [2.45, 2.75) is 40.0 Å². The summed E-state index contributed by atoms with van der Waals surface area (Å²) in [5.41, 5.74) is 1.19. The maximum Gasteiger partial charge on any atom is 0.191 e. The number of hydrogen-bond donors (Lipinski definition) is 2. The molecule has 1 unspecified atom stereocenters. The highest BCUT2D eigenvalue weighted by Gasteiger charge is 2.07. The summed E-state index contributed by atoms with van der Waals surface area (Å²) in [7, 11) is 1.74. The Labute approximate surface area is 143 Å². The number of guanidine groups is 1. The molecule has 130 valence electrons. The summed E-state index contributed by atoms with van der Waals surface area (Å²) in [4.78, 5) is 4.22. The van der Waals surface area contributed by atoms with Crippen LogP contribution in [-0.2, 0) is 13.1 Å². The number of hydrogen-bond acceptors (Lipinski definition) is 4. The molecule has 1 heterocycles. The van der Waals surface area contributed by atoms with Gasteiger partial charge in [-0.1, -0.05) is 12.1 Å². The lowest BCUT2D eigenvalue weighted by Gasteiger charge is -2.18. The minimum Gasteiger partial charge on any atom is -0.489 e. The van der Waals surface area contributed by atoms with Crippen LogP contribution in [0.4, 0.5) is 0 Å². The van der Waals surface area contributed by atoms with E-state index in [0.717, 1.165) is 18.1 Å². The highest BCUT2D eigenvalue weighted by molar-refractivity contribution is 5.79. The van der Waals surface area contributed by atoms with E-state index >= 15 is 0 Å². The molecule has 0 aliphatic heterocycles. The van der Waals surface area contributed by atoms with Gasteiger partial charge in [0, 0.05) is 13.6 Å². The molecule has 0 fully saturated rings. The van der Waals surface area contributed by atoms with Gasteiger partial charge in [-0.05, 0) is 38.5 Å². The van der Waals surface area contributed by atoms with Gasteiger partial charge in [0.1, 0.15) is 18.2 Å². The summed E-state index contributed by atoms with van der Waals surface area (Å²) in [6, 6.07) is 8.04. The molecule has 0 radical (unpaired) electrons. The number of nitrogens with one attached hydrogen (secondary N) is 2. The van der Waals surface area contributed by atoms with Crippen molar-refractivity contribution < 1.29 is 4.74 Å². The highest BCUT2D eigenvalue weighted by Crippen LogP contribution is 2.13. The van der Waals surface area contributed by atoms with Crippen molar-refractivity contribution in [1.29, 1.82) is 0 Å². The number of benzene rings is 1. The topological polar surface area (TPSA) is 76.4 Å². The van der Waals surface area contributed by atoms with E-state index in [-0.39, 0.29) is 6.10 Å². The monoisotopic (exact) mass is 330 g/mol. The minimum atomic E-state index is 0.0182. The van der Waals surface area contributed by atoms with E-state index in [9.17, 15) is 0 Å². The lowest BCUT2D eigenvalue weighted by Crippen LogP contribution is -2.41. The predicted octanol–water partition coefficient (Wildman–Crippen LogP) is 1.74. The number of aliphatic imine (C=N–C) groups is 1. The second-order valence-electron chi connectivity index (χ2n) is 5.58. The molecule has 0 amide bonds. The van der Waals surface area contributed by atoms with Crippen LogP contribution in [0.15, 0.2) is 35.6 Å². The zero-order chi connectivity index (χ0) is 17.4. The van der Waals surface area contributed by atoms with E-state index < -0.39 is 0 Å². The van der Waals surface area contributed by atoms with Gasteiger partial charge in [0.2, 0.25) is 0 Å². The second-order valence-corrected chi connectivity index (χ2v) is 5.58. The van der Waals surface area contributed by atoms with Gasteiger partial charge in [-0.25, -0.2) is 0 Å². The Morgan fingerprint density at radius 3 is 2.92 bits per heavy atom. The maximum absolute atomic E-state index is 5.91. The first kappa shape index (κ1) is 17.8. The van der Waals surface area contributed by atoms with Crippen molar-refractivity contribution in [1.82, 2.24) is 25.4 Å². The molecule has 2 aromatic rings. The third-order valence-corrected chi connectivity index (χ3v) is 3.56. The number of aromatic nitrogens is 3. The van der Waals surface area contributed by atoms with E-state index in [1.807, 2.05) is 29.7 Å². The molecule has 1 atom stereocenters. The molecule has 0 bridgehead atoms. The van der Waals surface area contributed by atoms with Crippen LogP contribution in [0.25, 0.3) is 0 Å². The number of nitrogens with zero attached hydrogens (tertiary/aromatic N) is 4. The van der Waals surface area contributed by atoms with Crippen molar-refractivity contribution in [2.24, 2.45) is 4.99 Å². The first-order valence-corrected chi connectivity index (χ1v) is 8.17. The van der Waals surface area contributed by atoms with Gasteiger partial charge >= 0.3 is 0 Å². The Kier molecular flexibility index (Phi) is 6.60. The van der Waals surface area contributed by atoms with Crippen LogP contribution in [0.3, 0.4) is 0 Å². The molecule has 1 aromatic heterocycles. The Bertz CT molecular complexity index is 667. The second kappa shape index (κ2) is 8.90. The quantitative estimate of drug-likeness (QED) is 0.597. The molecule has 0 spiro atoms. The lowest BCUT2D eigenvalue weighted by molar-refractivity contribution is 0.223. The molecular weight excluding hydrogens is 304 g/mol. The number of rotatable bonds is 7. The van der Waals surface area contributed by atoms with Gasteiger partial charge in [0.25, 0.3) is 0 Å². The van der Waals surface area contributed by atoms with Crippen molar-refractivity contribution in [3.8, 4) is 5.75 Å². The van der Waals surface area contributed by atoms with Crippen LogP contribution in [0.2, 0.25) is 0 Å². The van der Waals surface area contributed by atoms with Crippen LogP contribution in [0.1, 0.15) is 25.2 Å². The predicted molar refractivity (Wildman–Crippen MR) is 95.2 cm³/mol. The van der Waals surface area contributed by atoms with Gasteiger partial charge in [-0.15, -0.1) is 10.2 Å². The zero-order valence-corrected chi connectivity index (χ0v) is 14.8.